The summed E-state index contributed by atoms with van der Waals surface area (Å²) in [6.45, 7) is 5.13. The predicted molar refractivity (Wildman–Crippen MR) is 48.9 cm³/mol. The van der Waals surface area contributed by atoms with E-state index in [0.29, 0.717) is 12.5 Å². The summed E-state index contributed by atoms with van der Waals surface area (Å²) in [5.41, 5.74) is 0. The van der Waals surface area contributed by atoms with Crippen LogP contribution in [0.5, 0.6) is 0 Å². The third-order valence-electron chi connectivity index (χ3n) is 3.14. The molecule has 0 saturated heterocycles. The Balaban J connectivity index is 2.20. The molecule has 0 aromatic heterocycles. The van der Waals surface area contributed by atoms with Crippen LogP contribution >= 0.6 is 0 Å². The number of rotatable bonds is 3. The Morgan fingerprint density at radius 3 is 2.25 bits per heavy atom. The fraction of sp³-hybridized carbons (Fsp3) is 1.00. The Morgan fingerprint density at radius 1 is 1.25 bits per heavy atom. The first-order chi connectivity index (χ1) is 5.74. The van der Waals surface area contributed by atoms with Crippen molar-refractivity contribution >= 4 is 0 Å². The van der Waals surface area contributed by atoms with Crippen LogP contribution in [-0.2, 0) is 4.89 Å². The monoisotopic (exact) mass is 172 g/mol. The van der Waals surface area contributed by atoms with E-state index in [1.54, 1.807) is 0 Å². The SMILES string of the molecule is CC(C)C1CCC(COO)CC1. The van der Waals surface area contributed by atoms with Crippen LogP contribution in [0.1, 0.15) is 39.5 Å². The van der Waals surface area contributed by atoms with Crippen LogP contribution in [0.15, 0.2) is 0 Å². The molecule has 1 fully saturated rings. The second kappa shape index (κ2) is 4.83. The molecule has 0 aromatic carbocycles. The lowest BCUT2D eigenvalue weighted by atomic mass is 9.77. The molecule has 0 spiro atoms. The molecule has 1 N–H and O–H groups in total. The minimum atomic E-state index is 0.533. The smallest absolute Gasteiger partial charge is 0.0847 e. The lowest BCUT2D eigenvalue weighted by Gasteiger charge is -2.29. The first kappa shape index (κ1) is 10.0. The van der Waals surface area contributed by atoms with E-state index in [1.165, 1.54) is 25.7 Å². The second-order valence-corrected chi connectivity index (χ2v) is 4.32. The van der Waals surface area contributed by atoms with E-state index in [4.69, 9.17) is 5.26 Å². The Morgan fingerprint density at radius 2 is 1.83 bits per heavy atom. The zero-order valence-corrected chi connectivity index (χ0v) is 8.12. The van der Waals surface area contributed by atoms with Crippen LogP contribution in [0, 0.1) is 17.8 Å². The van der Waals surface area contributed by atoms with Gasteiger partial charge in [-0.15, -0.1) is 0 Å². The molecular formula is C10H20O2. The van der Waals surface area contributed by atoms with Crippen molar-refractivity contribution < 1.29 is 10.1 Å². The molecule has 0 heterocycles. The summed E-state index contributed by atoms with van der Waals surface area (Å²) >= 11 is 0. The van der Waals surface area contributed by atoms with Gasteiger partial charge < -0.3 is 0 Å². The summed E-state index contributed by atoms with van der Waals surface area (Å²) in [5, 5.41) is 8.29. The Labute approximate surface area is 74.9 Å². The fourth-order valence-corrected chi connectivity index (χ4v) is 2.13. The normalized spacial score (nSPS) is 31.0. The van der Waals surface area contributed by atoms with Gasteiger partial charge >= 0.3 is 0 Å². The molecule has 0 aliphatic heterocycles. The molecule has 2 heteroatoms. The van der Waals surface area contributed by atoms with Crippen molar-refractivity contribution in [2.75, 3.05) is 6.61 Å². The fourth-order valence-electron chi connectivity index (χ4n) is 2.13. The molecule has 1 saturated carbocycles. The second-order valence-electron chi connectivity index (χ2n) is 4.32. The van der Waals surface area contributed by atoms with Gasteiger partial charge in [-0.1, -0.05) is 13.8 Å². The van der Waals surface area contributed by atoms with Crippen LogP contribution in [0.4, 0.5) is 0 Å². The highest BCUT2D eigenvalue weighted by molar-refractivity contribution is 4.73. The molecule has 72 valence electrons. The molecular weight excluding hydrogens is 152 g/mol. The van der Waals surface area contributed by atoms with E-state index in [1.807, 2.05) is 0 Å². The maximum Gasteiger partial charge on any atom is 0.0847 e. The van der Waals surface area contributed by atoms with Gasteiger partial charge in [-0.2, -0.15) is 0 Å². The van der Waals surface area contributed by atoms with Crippen LogP contribution in [-0.4, -0.2) is 11.9 Å². The maximum absolute atomic E-state index is 8.29. The molecule has 1 rings (SSSR count). The molecule has 0 bridgehead atoms. The highest BCUT2D eigenvalue weighted by Gasteiger charge is 2.22. The quantitative estimate of drug-likeness (QED) is 0.524. The minimum absolute atomic E-state index is 0.533. The molecule has 12 heavy (non-hydrogen) atoms. The van der Waals surface area contributed by atoms with Crippen molar-refractivity contribution in [3.63, 3.8) is 0 Å². The standard InChI is InChI=1S/C10H20O2/c1-8(2)10-5-3-9(4-6-10)7-12-11/h8-11H,3-7H2,1-2H3. The van der Waals surface area contributed by atoms with E-state index >= 15 is 0 Å². The lowest BCUT2D eigenvalue weighted by molar-refractivity contribution is -0.252. The molecule has 1 aliphatic carbocycles. The van der Waals surface area contributed by atoms with Gasteiger partial charge in [-0.3, -0.25) is 5.26 Å². The zero-order chi connectivity index (χ0) is 8.97. The van der Waals surface area contributed by atoms with Gasteiger partial charge in [0.1, 0.15) is 0 Å². The Hall–Kier alpha value is -0.0800. The van der Waals surface area contributed by atoms with E-state index in [2.05, 4.69) is 18.7 Å². The molecule has 2 nitrogen and oxygen atoms in total. The molecule has 0 radical (unpaired) electrons. The maximum atomic E-state index is 8.29. The Bertz CT molecular complexity index is 115. The summed E-state index contributed by atoms with van der Waals surface area (Å²) in [5.74, 6) is 2.32. The average Bonchev–Trinajstić information content (AvgIpc) is 2.06. The van der Waals surface area contributed by atoms with Crippen molar-refractivity contribution in [3.8, 4) is 0 Å². The summed E-state index contributed by atoms with van der Waals surface area (Å²) < 4.78 is 0. The van der Waals surface area contributed by atoms with Crippen LogP contribution in [0.25, 0.3) is 0 Å². The predicted octanol–water partition coefficient (Wildman–Crippen LogP) is 2.94. The zero-order valence-electron chi connectivity index (χ0n) is 8.12. The van der Waals surface area contributed by atoms with E-state index in [-0.39, 0.29) is 0 Å². The molecule has 0 amide bonds. The molecule has 0 atom stereocenters. The summed E-state index contributed by atoms with van der Waals surface area (Å²) in [4.78, 5) is 4.18. The first-order valence-corrected chi connectivity index (χ1v) is 5.00. The van der Waals surface area contributed by atoms with Crippen molar-refractivity contribution in [3.05, 3.63) is 0 Å². The van der Waals surface area contributed by atoms with Crippen LogP contribution < -0.4 is 0 Å². The van der Waals surface area contributed by atoms with E-state index < -0.39 is 0 Å². The van der Waals surface area contributed by atoms with E-state index in [0.717, 1.165) is 11.8 Å². The van der Waals surface area contributed by atoms with Crippen molar-refractivity contribution in [1.29, 1.82) is 0 Å². The van der Waals surface area contributed by atoms with Gasteiger partial charge in [0.15, 0.2) is 0 Å². The molecule has 0 unspecified atom stereocenters. The Kier molecular flexibility index (Phi) is 4.02. The third-order valence-corrected chi connectivity index (χ3v) is 3.14. The molecule has 0 aromatic rings. The van der Waals surface area contributed by atoms with Crippen LogP contribution in [0.2, 0.25) is 0 Å². The summed E-state index contributed by atoms with van der Waals surface area (Å²) in [7, 11) is 0. The average molecular weight is 172 g/mol. The lowest BCUT2D eigenvalue weighted by Crippen LogP contribution is -2.21. The highest BCUT2D eigenvalue weighted by atomic mass is 17.1. The van der Waals surface area contributed by atoms with Crippen molar-refractivity contribution in [2.45, 2.75) is 39.5 Å². The van der Waals surface area contributed by atoms with Gasteiger partial charge in [0.25, 0.3) is 0 Å². The largest absolute Gasteiger partial charge is 0.252 e. The van der Waals surface area contributed by atoms with Gasteiger partial charge in [-0.05, 0) is 43.4 Å². The van der Waals surface area contributed by atoms with Crippen molar-refractivity contribution in [2.24, 2.45) is 17.8 Å². The third kappa shape index (κ3) is 2.76. The minimum Gasteiger partial charge on any atom is -0.252 e. The van der Waals surface area contributed by atoms with Crippen molar-refractivity contribution in [1.82, 2.24) is 0 Å². The summed E-state index contributed by atoms with van der Waals surface area (Å²) in [6.07, 6.45) is 5.07. The topological polar surface area (TPSA) is 29.5 Å². The number of hydrogen-bond acceptors (Lipinski definition) is 2. The van der Waals surface area contributed by atoms with Crippen LogP contribution in [0.3, 0.4) is 0 Å². The van der Waals surface area contributed by atoms with E-state index in [9.17, 15) is 0 Å². The highest BCUT2D eigenvalue weighted by Crippen LogP contribution is 2.33. The first-order valence-electron chi connectivity index (χ1n) is 5.00. The van der Waals surface area contributed by atoms with Gasteiger partial charge in [0, 0.05) is 0 Å². The summed E-state index contributed by atoms with van der Waals surface area (Å²) in [6, 6.07) is 0. The number of hydrogen-bond donors (Lipinski definition) is 1. The van der Waals surface area contributed by atoms with Gasteiger partial charge in [0.05, 0.1) is 6.61 Å². The van der Waals surface area contributed by atoms with Gasteiger partial charge in [0.2, 0.25) is 0 Å². The molecule has 1 aliphatic rings. The van der Waals surface area contributed by atoms with Gasteiger partial charge in [-0.25, -0.2) is 4.89 Å².